The van der Waals surface area contributed by atoms with E-state index in [1.165, 1.54) is 18.2 Å². The van der Waals surface area contributed by atoms with Gasteiger partial charge >= 0.3 is 0 Å². The van der Waals surface area contributed by atoms with E-state index in [2.05, 4.69) is 0 Å². The zero-order valence-corrected chi connectivity index (χ0v) is 11.3. The molecular weight excluding hydrogens is 266 g/mol. The first kappa shape index (κ1) is 13.9. The van der Waals surface area contributed by atoms with Gasteiger partial charge in [0.2, 0.25) is 0 Å². The van der Waals surface area contributed by atoms with E-state index in [9.17, 15) is 13.0 Å². The molecule has 0 fully saturated rings. The van der Waals surface area contributed by atoms with Gasteiger partial charge in [0.1, 0.15) is 11.6 Å². The van der Waals surface area contributed by atoms with Gasteiger partial charge in [0.05, 0.1) is 11.0 Å². The SMILES string of the molecule is C[C@@H](c1ccc(F)cc1)[S@](=O)Cc1ccccc1F. The van der Waals surface area contributed by atoms with E-state index >= 15 is 0 Å². The Morgan fingerprint density at radius 2 is 1.68 bits per heavy atom. The molecule has 0 heterocycles. The zero-order chi connectivity index (χ0) is 13.8. The molecule has 100 valence electrons. The Balaban J connectivity index is 2.12. The second-order valence-corrected chi connectivity index (χ2v) is 6.07. The number of benzene rings is 2. The minimum absolute atomic E-state index is 0.158. The van der Waals surface area contributed by atoms with Crippen molar-refractivity contribution in [2.75, 3.05) is 0 Å². The summed E-state index contributed by atoms with van der Waals surface area (Å²) in [5.41, 5.74) is 1.23. The van der Waals surface area contributed by atoms with Gasteiger partial charge in [0.25, 0.3) is 0 Å². The molecule has 0 N–H and O–H groups in total. The van der Waals surface area contributed by atoms with Crippen molar-refractivity contribution in [1.29, 1.82) is 0 Å². The highest BCUT2D eigenvalue weighted by Gasteiger charge is 2.15. The van der Waals surface area contributed by atoms with Gasteiger partial charge in [0, 0.05) is 16.4 Å². The van der Waals surface area contributed by atoms with Crippen LogP contribution in [0.5, 0.6) is 0 Å². The Bertz CT molecular complexity index is 581. The standard InChI is InChI=1S/C15H14F2OS/c1-11(12-6-8-14(16)9-7-12)19(18)10-13-4-2-3-5-15(13)17/h2-9,11H,10H2,1H3/t11-,19+/m0/s1. The zero-order valence-electron chi connectivity index (χ0n) is 10.5. The predicted octanol–water partition coefficient (Wildman–Crippen LogP) is 3.97. The predicted molar refractivity (Wildman–Crippen MR) is 73.1 cm³/mol. The summed E-state index contributed by atoms with van der Waals surface area (Å²) in [6, 6.07) is 12.2. The molecule has 0 aromatic heterocycles. The summed E-state index contributed by atoms with van der Waals surface area (Å²) in [6.45, 7) is 1.80. The van der Waals surface area contributed by atoms with E-state index in [-0.39, 0.29) is 22.6 Å². The van der Waals surface area contributed by atoms with E-state index in [4.69, 9.17) is 0 Å². The smallest absolute Gasteiger partial charge is 0.127 e. The average molecular weight is 280 g/mol. The highest BCUT2D eigenvalue weighted by Crippen LogP contribution is 2.23. The van der Waals surface area contributed by atoms with Gasteiger partial charge in [-0.05, 0) is 30.7 Å². The summed E-state index contributed by atoms with van der Waals surface area (Å²) in [4.78, 5) is 0. The normalized spacial score (nSPS) is 14.1. The molecule has 0 aliphatic rings. The van der Waals surface area contributed by atoms with E-state index < -0.39 is 10.8 Å². The molecule has 2 aromatic rings. The number of hydrogen-bond acceptors (Lipinski definition) is 1. The molecule has 2 rings (SSSR count). The summed E-state index contributed by atoms with van der Waals surface area (Å²) in [5.74, 6) is -0.511. The average Bonchev–Trinajstić information content (AvgIpc) is 2.41. The molecule has 0 radical (unpaired) electrons. The first-order valence-corrected chi connectivity index (χ1v) is 7.32. The third-order valence-corrected chi connectivity index (χ3v) is 4.65. The van der Waals surface area contributed by atoms with Gasteiger partial charge in [-0.3, -0.25) is 4.21 Å². The lowest BCUT2D eigenvalue weighted by molar-refractivity contribution is 0.614. The van der Waals surface area contributed by atoms with Crippen molar-refractivity contribution >= 4 is 10.8 Å². The molecule has 0 unspecified atom stereocenters. The molecule has 2 aromatic carbocycles. The lowest BCUT2D eigenvalue weighted by Crippen LogP contribution is -2.06. The summed E-state index contributed by atoms with van der Waals surface area (Å²) < 4.78 is 38.5. The fraction of sp³-hybridized carbons (Fsp3) is 0.200. The summed E-state index contributed by atoms with van der Waals surface area (Å²) in [7, 11) is -1.25. The van der Waals surface area contributed by atoms with Crippen molar-refractivity contribution in [1.82, 2.24) is 0 Å². The Hall–Kier alpha value is -1.55. The maximum absolute atomic E-state index is 13.5. The monoisotopic (exact) mass is 280 g/mol. The summed E-state index contributed by atoms with van der Waals surface area (Å²) in [6.07, 6.45) is 0. The van der Waals surface area contributed by atoms with Crippen LogP contribution in [0.15, 0.2) is 48.5 Å². The Morgan fingerprint density at radius 1 is 1.05 bits per heavy atom. The van der Waals surface area contributed by atoms with Gasteiger partial charge in [-0.15, -0.1) is 0 Å². The lowest BCUT2D eigenvalue weighted by Gasteiger charge is -2.12. The largest absolute Gasteiger partial charge is 0.259 e. The van der Waals surface area contributed by atoms with E-state index in [1.807, 2.05) is 0 Å². The van der Waals surface area contributed by atoms with Gasteiger partial charge in [-0.1, -0.05) is 30.3 Å². The van der Waals surface area contributed by atoms with Crippen LogP contribution in [0.4, 0.5) is 8.78 Å². The van der Waals surface area contributed by atoms with Gasteiger partial charge < -0.3 is 0 Å². The van der Waals surface area contributed by atoms with E-state index in [0.29, 0.717) is 5.56 Å². The van der Waals surface area contributed by atoms with Crippen LogP contribution in [-0.2, 0) is 16.6 Å². The first-order valence-electron chi connectivity index (χ1n) is 5.94. The van der Waals surface area contributed by atoms with Crippen molar-refractivity contribution in [2.24, 2.45) is 0 Å². The van der Waals surface area contributed by atoms with Crippen molar-refractivity contribution in [2.45, 2.75) is 17.9 Å². The number of halogens is 2. The minimum atomic E-state index is -1.25. The molecule has 19 heavy (non-hydrogen) atoms. The third kappa shape index (κ3) is 3.47. The number of hydrogen-bond donors (Lipinski definition) is 0. The highest BCUT2D eigenvalue weighted by atomic mass is 32.2. The minimum Gasteiger partial charge on any atom is -0.259 e. The lowest BCUT2D eigenvalue weighted by atomic mass is 10.2. The van der Waals surface area contributed by atoms with Gasteiger partial charge in [-0.25, -0.2) is 8.78 Å². The molecule has 1 nitrogen and oxygen atoms in total. The molecule has 0 aliphatic heterocycles. The van der Waals surface area contributed by atoms with E-state index in [0.717, 1.165) is 5.56 Å². The molecule has 0 aliphatic carbocycles. The van der Waals surface area contributed by atoms with Gasteiger partial charge in [-0.2, -0.15) is 0 Å². The van der Waals surface area contributed by atoms with Crippen molar-refractivity contribution < 1.29 is 13.0 Å². The van der Waals surface area contributed by atoms with Crippen LogP contribution in [0.25, 0.3) is 0 Å². The van der Waals surface area contributed by atoms with Crippen LogP contribution in [-0.4, -0.2) is 4.21 Å². The Labute approximate surface area is 113 Å². The highest BCUT2D eigenvalue weighted by molar-refractivity contribution is 7.84. The summed E-state index contributed by atoms with van der Waals surface area (Å²) in [5, 5.41) is -0.264. The quantitative estimate of drug-likeness (QED) is 0.828. The van der Waals surface area contributed by atoms with Crippen LogP contribution < -0.4 is 0 Å². The molecule has 0 bridgehead atoms. The maximum Gasteiger partial charge on any atom is 0.127 e. The van der Waals surface area contributed by atoms with Crippen LogP contribution >= 0.6 is 0 Å². The molecule has 2 atom stereocenters. The van der Waals surface area contributed by atoms with Crippen LogP contribution in [0.3, 0.4) is 0 Å². The molecule has 0 amide bonds. The third-order valence-electron chi connectivity index (χ3n) is 2.99. The molecule has 0 saturated heterocycles. The van der Waals surface area contributed by atoms with Gasteiger partial charge in [0.15, 0.2) is 0 Å². The fourth-order valence-corrected chi connectivity index (χ4v) is 3.03. The summed E-state index contributed by atoms with van der Waals surface area (Å²) >= 11 is 0. The molecular formula is C15H14F2OS. The molecule has 0 spiro atoms. The van der Waals surface area contributed by atoms with E-state index in [1.54, 1.807) is 37.3 Å². The number of rotatable bonds is 4. The van der Waals surface area contributed by atoms with Crippen LogP contribution in [0.1, 0.15) is 23.3 Å². The maximum atomic E-state index is 13.5. The topological polar surface area (TPSA) is 17.1 Å². The second kappa shape index (κ2) is 6.06. The Kier molecular flexibility index (Phi) is 4.43. The van der Waals surface area contributed by atoms with Crippen LogP contribution in [0.2, 0.25) is 0 Å². The van der Waals surface area contributed by atoms with Crippen molar-refractivity contribution in [3.8, 4) is 0 Å². The molecule has 4 heteroatoms. The van der Waals surface area contributed by atoms with Crippen LogP contribution in [0, 0.1) is 11.6 Å². The molecule has 0 saturated carbocycles. The fourth-order valence-electron chi connectivity index (χ4n) is 1.78. The Morgan fingerprint density at radius 3 is 2.32 bits per heavy atom. The second-order valence-electron chi connectivity index (χ2n) is 4.31. The van der Waals surface area contributed by atoms with Crippen molar-refractivity contribution in [3.05, 3.63) is 71.3 Å². The first-order chi connectivity index (χ1) is 9.08. The van der Waals surface area contributed by atoms with Crippen molar-refractivity contribution in [3.63, 3.8) is 0 Å².